The SMILES string of the molecule is N#Cc1cc(N)ccc1OCCC1CC1. The van der Waals surface area contributed by atoms with E-state index in [-0.39, 0.29) is 0 Å². The number of nitriles is 1. The molecule has 1 fully saturated rings. The van der Waals surface area contributed by atoms with Crippen LogP contribution < -0.4 is 10.5 Å². The van der Waals surface area contributed by atoms with Crippen molar-refractivity contribution in [1.82, 2.24) is 0 Å². The predicted octanol–water partition coefficient (Wildman–Crippen LogP) is 2.32. The fourth-order valence-corrected chi connectivity index (χ4v) is 1.50. The van der Waals surface area contributed by atoms with Crippen LogP contribution in [0.3, 0.4) is 0 Å². The minimum Gasteiger partial charge on any atom is -0.492 e. The Hall–Kier alpha value is -1.69. The van der Waals surface area contributed by atoms with E-state index < -0.39 is 0 Å². The number of hydrogen-bond donors (Lipinski definition) is 1. The fraction of sp³-hybridized carbons (Fsp3) is 0.417. The minimum atomic E-state index is 0.519. The summed E-state index contributed by atoms with van der Waals surface area (Å²) in [5.41, 5.74) is 6.70. The number of rotatable bonds is 4. The fourth-order valence-electron chi connectivity index (χ4n) is 1.50. The molecule has 0 heterocycles. The number of anilines is 1. The summed E-state index contributed by atoms with van der Waals surface area (Å²) in [6, 6.07) is 7.25. The molecule has 0 saturated heterocycles. The molecule has 1 aromatic carbocycles. The summed E-state index contributed by atoms with van der Waals surface area (Å²) in [5, 5.41) is 8.88. The zero-order valence-electron chi connectivity index (χ0n) is 8.57. The Labute approximate surface area is 89.5 Å². The van der Waals surface area contributed by atoms with E-state index in [0.717, 1.165) is 12.3 Å². The summed E-state index contributed by atoms with van der Waals surface area (Å²) >= 11 is 0. The summed E-state index contributed by atoms with van der Waals surface area (Å²) in [7, 11) is 0. The molecule has 1 aliphatic rings. The Kier molecular flexibility index (Phi) is 2.77. The second kappa shape index (κ2) is 4.22. The molecule has 78 valence electrons. The van der Waals surface area contributed by atoms with Crippen molar-refractivity contribution in [2.45, 2.75) is 19.3 Å². The molecule has 0 aliphatic heterocycles. The normalized spacial score (nSPS) is 14.6. The maximum absolute atomic E-state index is 8.88. The van der Waals surface area contributed by atoms with Gasteiger partial charge in [0.15, 0.2) is 0 Å². The molecule has 0 atom stereocenters. The van der Waals surface area contributed by atoms with Crippen molar-refractivity contribution < 1.29 is 4.74 Å². The Morgan fingerprint density at radius 3 is 2.93 bits per heavy atom. The average Bonchev–Trinajstić information content (AvgIpc) is 3.04. The highest BCUT2D eigenvalue weighted by Gasteiger charge is 2.20. The first-order valence-electron chi connectivity index (χ1n) is 5.22. The first-order chi connectivity index (χ1) is 7.29. The van der Waals surface area contributed by atoms with Crippen molar-refractivity contribution in [3.63, 3.8) is 0 Å². The van der Waals surface area contributed by atoms with Crippen molar-refractivity contribution in [2.75, 3.05) is 12.3 Å². The van der Waals surface area contributed by atoms with Gasteiger partial charge in [-0.1, -0.05) is 12.8 Å². The van der Waals surface area contributed by atoms with Crippen LogP contribution in [-0.2, 0) is 0 Å². The average molecular weight is 202 g/mol. The Balaban J connectivity index is 1.96. The summed E-state index contributed by atoms with van der Waals surface area (Å²) in [5.74, 6) is 1.50. The van der Waals surface area contributed by atoms with Gasteiger partial charge in [-0.05, 0) is 30.5 Å². The molecule has 0 spiro atoms. The molecular formula is C12H14N2O. The lowest BCUT2D eigenvalue weighted by molar-refractivity contribution is 0.301. The van der Waals surface area contributed by atoms with Gasteiger partial charge in [-0.25, -0.2) is 0 Å². The molecule has 2 N–H and O–H groups in total. The van der Waals surface area contributed by atoms with Crippen LogP contribution in [0.4, 0.5) is 5.69 Å². The zero-order chi connectivity index (χ0) is 10.7. The maximum atomic E-state index is 8.88. The monoisotopic (exact) mass is 202 g/mol. The number of benzene rings is 1. The van der Waals surface area contributed by atoms with Crippen LogP contribution in [0.2, 0.25) is 0 Å². The summed E-state index contributed by atoms with van der Waals surface area (Å²) in [4.78, 5) is 0. The smallest absolute Gasteiger partial charge is 0.137 e. The van der Waals surface area contributed by atoms with E-state index in [4.69, 9.17) is 15.7 Å². The lowest BCUT2D eigenvalue weighted by atomic mass is 10.2. The first kappa shape index (κ1) is 9.85. The van der Waals surface area contributed by atoms with Crippen LogP contribution in [0.1, 0.15) is 24.8 Å². The third-order valence-electron chi connectivity index (χ3n) is 2.60. The number of nitrogens with zero attached hydrogens (tertiary/aromatic N) is 1. The highest BCUT2D eigenvalue weighted by Crippen LogP contribution is 2.32. The molecule has 0 radical (unpaired) electrons. The van der Waals surface area contributed by atoms with E-state index in [2.05, 4.69) is 6.07 Å². The van der Waals surface area contributed by atoms with Gasteiger partial charge in [0.05, 0.1) is 12.2 Å². The lowest BCUT2D eigenvalue weighted by Crippen LogP contribution is -2.00. The molecule has 1 saturated carbocycles. The van der Waals surface area contributed by atoms with Crippen LogP contribution in [0.5, 0.6) is 5.75 Å². The van der Waals surface area contributed by atoms with E-state index in [1.54, 1.807) is 18.2 Å². The molecule has 0 bridgehead atoms. The predicted molar refractivity (Wildman–Crippen MR) is 58.4 cm³/mol. The van der Waals surface area contributed by atoms with Crippen molar-refractivity contribution in [3.8, 4) is 11.8 Å². The van der Waals surface area contributed by atoms with Crippen LogP contribution in [0, 0.1) is 17.2 Å². The molecule has 0 amide bonds. The number of nitrogens with two attached hydrogens (primary N) is 1. The van der Waals surface area contributed by atoms with Gasteiger partial charge in [-0.3, -0.25) is 0 Å². The highest BCUT2D eigenvalue weighted by atomic mass is 16.5. The van der Waals surface area contributed by atoms with E-state index in [9.17, 15) is 0 Å². The maximum Gasteiger partial charge on any atom is 0.137 e. The minimum absolute atomic E-state index is 0.519. The number of nitrogen functional groups attached to an aromatic ring is 1. The standard InChI is InChI=1S/C12H14N2O/c13-8-10-7-11(14)3-4-12(10)15-6-5-9-1-2-9/h3-4,7,9H,1-2,5-6,14H2. The quantitative estimate of drug-likeness (QED) is 0.762. The van der Waals surface area contributed by atoms with Crippen LogP contribution in [0.15, 0.2) is 18.2 Å². The molecule has 1 aromatic rings. The Bertz CT molecular complexity index is 391. The van der Waals surface area contributed by atoms with Gasteiger partial charge in [0.25, 0.3) is 0 Å². The van der Waals surface area contributed by atoms with Gasteiger partial charge in [-0.15, -0.1) is 0 Å². The first-order valence-corrected chi connectivity index (χ1v) is 5.22. The third-order valence-corrected chi connectivity index (χ3v) is 2.60. The van der Waals surface area contributed by atoms with Gasteiger partial charge >= 0.3 is 0 Å². The van der Waals surface area contributed by atoms with E-state index >= 15 is 0 Å². The van der Waals surface area contributed by atoms with Crippen molar-refractivity contribution in [2.24, 2.45) is 5.92 Å². The van der Waals surface area contributed by atoms with Gasteiger partial charge in [0.1, 0.15) is 11.8 Å². The molecular weight excluding hydrogens is 188 g/mol. The Morgan fingerprint density at radius 1 is 1.47 bits per heavy atom. The molecule has 0 unspecified atom stereocenters. The number of ether oxygens (including phenoxy) is 1. The topological polar surface area (TPSA) is 59.0 Å². The summed E-state index contributed by atoms with van der Waals surface area (Å²) in [6.45, 7) is 0.698. The van der Waals surface area contributed by atoms with Gasteiger partial charge < -0.3 is 10.5 Å². The summed E-state index contributed by atoms with van der Waals surface area (Å²) < 4.78 is 5.56. The van der Waals surface area contributed by atoms with Crippen LogP contribution >= 0.6 is 0 Å². The van der Waals surface area contributed by atoms with Gasteiger partial charge in [-0.2, -0.15) is 5.26 Å². The second-order valence-electron chi connectivity index (χ2n) is 3.95. The molecule has 1 aliphatic carbocycles. The largest absolute Gasteiger partial charge is 0.492 e. The molecule has 3 heteroatoms. The van der Waals surface area contributed by atoms with Gasteiger partial charge in [0.2, 0.25) is 0 Å². The molecule has 3 nitrogen and oxygen atoms in total. The second-order valence-corrected chi connectivity index (χ2v) is 3.95. The van der Waals surface area contributed by atoms with E-state index in [1.807, 2.05) is 0 Å². The van der Waals surface area contributed by atoms with Crippen LogP contribution in [0.25, 0.3) is 0 Å². The molecule has 2 rings (SSSR count). The molecule has 15 heavy (non-hydrogen) atoms. The lowest BCUT2D eigenvalue weighted by Gasteiger charge is -2.07. The van der Waals surface area contributed by atoms with E-state index in [1.165, 1.54) is 12.8 Å². The summed E-state index contributed by atoms with van der Waals surface area (Å²) in [6.07, 6.45) is 3.75. The van der Waals surface area contributed by atoms with Gasteiger partial charge in [0, 0.05) is 5.69 Å². The third kappa shape index (κ3) is 2.63. The zero-order valence-corrected chi connectivity index (χ0v) is 8.57. The number of hydrogen-bond acceptors (Lipinski definition) is 3. The Morgan fingerprint density at radius 2 is 2.27 bits per heavy atom. The van der Waals surface area contributed by atoms with Crippen LogP contribution in [-0.4, -0.2) is 6.61 Å². The van der Waals surface area contributed by atoms with Crippen molar-refractivity contribution >= 4 is 5.69 Å². The van der Waals surface area contributed by atoms with E-state index in [0.29, 0.717) is 23.6 Å². The van der Waals surface area contributed by atoms with Crippen molar-refractivity contribution in [3.05, 3.63) is 23.8 Å². The highest BCUT2D eigenvalue weighted by molar-refractivity contribution is 5.53. The molecule has 0 aromatic heterocycles. The van der Waals surface area contributed by atoms with Crippen molar-refractivity contribution in [1.29, 1.82) is 5.26 Å².